The molecule has 0 fully saturated rings. The zero-order valence-electron chi connectivity index (χ0n) is 9.14. The number of phenols is 1. The monoisotopic (exact) mass is 251 g/mol. The van der Waals surface area contributed by atoms with Gasteiger partial charge >= 0.3 is 0 Å². The van der Waals surface area contributed by atoms with Crippen molar-refractivity contribution in [1.82, 2.24) is 4.98 Å². The van der Waals surface area contributed by atoms with Crippen molar-refractivity contribution in [2.75, 3.05) is 0 Å². The minimum Gasteiger partial charge on any atom is -0.508 e. The van der Waals surface area contributed by atoms with Gasteiger partial charge in [0.1, 0.15) is 5.75 Å². The summed E-state index contributed by atoms with van der Waals surface area (Å²) in [5.41, 5.74) is 1.93. The van der Waals surface area contributed by atoms with Gasteiger partial charge in [0.15, 0.2) is 0 Å². The molecule has 16 heavy (non-hydrogen) atoms. The summed E-state index contributed by atoms with van der Waals surface area (Å²) < 4.78 is -0.186. The van der Waals surface area contributed by atoms with E-state index < -0.39 is 0 Å². The summed E-state index contributed by atoms with van der Waals surface area (Å²) in [7, 11) is 1.45. The van der Waals surface area contributed by atoms with Gasteiger partial charge in [0.05, 0.1) is 5.52 Å². The lowest BCUT2D eigenvalue weighted by atomic mass is 9.98. The molecule has 0 unspecified atom stereocenters. The molecular formula is C12H13NOS2. The van der Waals surface area contributed by atoms with Gasteiger partial charge in [-0.25, -0.2) is 0 Å². The maximum absolute atomic E-state index is 9.71. The molecule has 0 amide bonds. The van der Waals surface area contributed by atoms with Crippen LogP contribution < -0.4 is 0 Å². The van der Waals surface area contributed by atoms with Crippen molar-refractivity contribution in [2.45, 2.75) is 18.6 Å². The van der Waals surface area contributed by atoms with Crippen LogP contribution >= 0.6 is 22.5 Å². The van der Waals surface area contributed by atoms with Crippen LogP contribution in [-0.2, 0) is 4.75 Å². The summed E-state index contributed by atoms with van der Waals surface area (Å²) in [6, 6.07) is 7.31. The summed E-state index contributed by atoms with van der Waals surface area (Å²) in [4.78, 5) is 4.38. The molecule has 1 aromatic carbocycles. The molecule has 1 N–H and O–H groups in total. The highest BCUT2D eigenvalue weighted by Gasteiger charge is 2.23. The maximum Gasteiger partial charge on any atom is 0.116 e. The molecule has 0 atom stereocenters. The van der Waals surface area contributed by atoms with Crippen LogP contribution in [0.5, 0.6) is 5.75 Å². The molecule has 2 nitrogen and oxygen atoms in total. The number of fused-ring (bicyclic) bond motifs is 1. The summed E-state index contributed by atoms with van der Waals surface area (Å²) in [5, 5.41) is 10.7. The lowest BCUT2D eigenvalue weighted by Crippen LogP contribution is -2.11. The first-order valence-electron chi connectivity index (χ1n) is 4.95. The van der Waals surface area contributed by atoms with E-state index in [9.17, 15) is 5.11 Å². The van der Waals surface area contributed by atoms with Gasteiger partial charge in [-0.15, -0.1) is 11.7 Å². The third kappa shape index (κ3) is 1.99. The van der Waals surface area contributed by atoms with Crippen molar-refractivity contribution in [3.63, 3.8) is 0 Å². The van der Waals surface area contributed by atoms with Crippen molar-refractivity contribution in [2.24, 2.45) is 0 Å². The predicted octanol–water partition coefficient (Wildman–Crippen LogP) is 3.75. The van der Waals surface area contributed by atoms with E-state index in [1.807, 2.05) is 12.1 Å². The first-order chi connectivity index (χ1) is 7.54. The smallest absolute Gasteiger partial charge is 0.116 e. The molecule has 0 radical (unpaired) electrons. The number of hydrogen-bond donors (Lipinski definition) is 2. The van der Waals surface area contributed by atoms with E-state index in [-0.39, 0.29) is 10.5 Å². The van der Waals surface area contributed by atoms with Crippen LogP contribution in [0.4, 0.5) is 0 Å². The number of thiol groups is 1. The summed E-state index contributed by atoms with van der Waals surface area (Å²) >= 11 is 4.28. The fourth-order valence-electron chi connectivity index (χ4n) is 1.68. The molecule has 1 aromatic heterocycles. The van der Waals surface area contributed by atoms with E-state index in [4.69, 9.17) is 0 Å². The molecule has 0 saturated carbocycles. The average Bonchev–Trinajstić information content (AvgIpc) is 2.28. The van der Waals surface area contributed by atoms with Gasteiger partial charge in [-0.05, 0) is 37.6 Å². The van der Waals surface area contributed by atoms with Crippen molar-refractivity contribution in [1.29, 1.82) is 0 Å². The Balaban J connectivity index is 2.77. The second kappa shape index (κ2) is 4.18. The molecule has 4 heteroatoms. The van der Waals surface area contributed by atoms with Gasteiger partial charge in [-0.1, -0.05) is 16.9 Å². The average molecular weight is 251 g/mol. The molecule has 0 saturated heterocycles. The molecular weight excluding hydrogens is 238 g/mol. The Morgan fingerprint density at radius 2 is 2.12 bits per heavy atom. The van der Waals surface area contributed by atoms with Gasteiger partial charge in [0.2, 0.25) is 0 Å². The number of nitrogens with zero attached hydrogens (tertiary/aromatic N) is 1. The third-order valence-corrected chi connectivity index (χ3v) is 4.61. The van der Waals surface area contributed by atoms with Crippen molar-refractivity contribution < 1.29 is 5.11 Å². The van der Waals surface area contributed by atoms with E-state index in [1.165, 1.54) is 10.8 Å². The number of hydrogen-bond acceptors (Lipinski definition) is 4. The van der Waals surface area contributed by atoms with Crippen LogP contribution in [0.1, 0.15) is 19.4 Å². The zero-order valence-corrected chi connectivity index (χ0v) is 10.8. The lowest BCUT2D eigenvalue weighted by Gasteiger charge is -2.23. The maximum atomic E-state index is 9.71. The Morgan fingerprint density at radius 3 is 2.81 bits per heavy atom. The first kappa shape index (κ1) is 11.6. The first-order valence-corrected chi connectivity index (χ1v) is 6.82. The molecule has 0 aliphatic heterocycles. The van der Waals surface area contributed by atoms with Crippen LogP contribution in [0.3, 0.4) is 0 Å². The Kier molecular flexibility index (Phi) is 3.04. The van der Waals surface area contributed by atoms with Gasteiger partial charge < -0.3 is 5.11 Å². The highest BCUT2D eigenvalue weighted by atomic mass is 33.1. The molecule has 1 heterocycles. The fourth-order valence-corrected chi connectivity index (χ4v) is 2.23. The molecule has 84 valence electrons. The minimum absolute atomic E-state index is 0.186. The highest BCUT2D eigenvalue weighted by Crippen LogP contribution is 2.41. The number of phenolic OH excluding ortho intramolecular Hbond substituents is 1. The predicted molar refractivity (Wildman–Crippen MR) is 73.0 cm³/mol. The van der Waals surface area contributed by atoms with Crippen LogP contribution in [0.2, 0.25) is 0 Å². The summed E-state index contributed by atoms with van der Waals surface area (Å²) in [6.45, 7) is 4.13. The van der Waals surface area contributed by atoms with Gasteiger partial charge in [-0.3, -0.25) is 4.98 Å². The highest BCUT2D eigenvalue weighted by molar-refractivity contribution is 8.69. The van der Waals surface area contributed by atoms with E-state index in [0.29, 0.717) is 0 Å². The molecule has 0 aliphatic carbocycles. The quantitative estimate of drug-likeness (QED) is 0.630. The summed E-state index contributed by atoms with van der Waals surface area (Å²) in [6.07, 6.45) is 1.77. The Labute approximate surface area is 104 Å². The standard InChI is InChI=1S/C12H13NOS2/c1-12(2,16-15)10-7-9(14)6-8-4-3-5-13-11(8)10/h3-7,14-15H,1-2H3. The minimum atomic E-state index is -0.186. The zero-order chi connectivity index (χ0) is 11.8. The van der Waals surface area contributed by atoms with Crippen molar-refractivity contribution in [3.8, 4) is 5.75 Å². The van der Waals surface area contributed by atoms with Crippen LogP contribution in [0, 0.1) is 0 Å². The molecule has 2 rings (SSSR count). The molecule has 0 aliphatic rings. The van der Waals surface area contributed by atoms with Crippen molar-refractivity contribution >= 4 is 33.4 Å². The van der Waals surface area contributed by atoms with Crippen LogP contribution in [-0.4, -0.2) is 10.1 Å². The Hall–Kier alpha value is -0.870. The fraction of sp³-hybridized carbons (Fsp3) is 0.250. The van der Waals surface area contributed by atoms with Crippen molar-refractivity contribution in [3.05, 3.63) is 36.0 Å². The number of aromatic hydroxyl groups is 1. The second-order valence-corrected chi connectivity index (χ2v) is 5.92. The molecule has 0 spiro atoms. The largest absolute Gasteiger partial charge is 0.508 e. The molecule has 0 bridgehead atoms. The van der Waals surface area contributed by atoms with Crippen LogP contribution in [0.15, 0.2) is 30.5 Å². The topological polar surface area (TPSA) is 33.1 Å². The lowest BCUT2D eigenvalue weighted by molar-refractivity contribution is 0.474. The molecule has 2 aromatic rings. The normalized spacial score (nSPS) is 11.9. The third-order valence-electron chi connectivity index (χ3n) is 2.57. The number of benzene rings is 1. The number of aromatic nitrogens is 1. The van der Waals surface area contributed by atoms with E-state index in [2.05, 4.69) is 30.5 Å². The van der Waals surface area contributed by atoms with Gasteiger partial charge in [0.25, 0.3) is 0 Å². The SMILES string of the molecule is CC(C)(SS)c1cc(O)cc2cccnc12. The van der Waals surface area contributed by atoms with Gasteiger partial charge in [-0.2, -0.15) is 0 Å². The van der Waals surface area contributed by atoms with E-state index in [1.54, 1.807) is 18.3 Å². The van der Waals surface area contributed by atoms with E-state index >= 15 is 0 Å². The summed E-state index contributed by atoms with van der Waals surface area (Å²) in [5.74, 6) is 0.269. The second-order valence-electron chi connectivity index (χ2n) is 4.17. The number of rotatable bonds is 2. The Bertz CT molecular complexity index is 525. The number of pyridine rings is 1. The van der Waals surface area contributed by atoms with E-state index in [0.717, 1.165) is 16.5 Å². The van der Waals surface area contributed by atoms with Gasteiger partial charge in [0, 0.05) is 16.3 Å². The van der Waals surface area contributed by atoms with Crippen LogP contribution in [0.25, 0.3) is 10.9 Å². The Morgan fingerprint density at radius 1 is 1.38 bits per heavy atom.